The summed E-state index contributed by atoms with van der Waals surface area (Å²) in [6, 6.07) is 3.65. The molecule has 0 saturated carbocycles. The van der Waals surface area contributed by atoms with Gasteiger partial charge in [0.1, 0.15) is 6.23 Å². The molecule has 1 aromatic carbocycles. The van der Waals surface area contributed by atoms with E-state index in [-0.39, 0.29) is 18.0 Å². The largest absolute Gasteiger partial charge is 0.360 e. The average Bonchev–Trinajstić information content (AvgIpc) is 2.57. The number of rotatable bonds is 4. The molecule has 1 aliphatic heterocycles. The number of likely N-dealkylation sites (N-methyl/N-ethyl adjacent to an activating group) is 1. The zero-order valence-electron chi connectivity index (χ0n) is 15.5. The Bertz CT molecular complexity index is 784. The molecule has 8 nitrogen and oxygen atoms in total. The summed E-state index contributed by atoms with van der Waals surface area (Å²) in [6.07, 6.45) is -0.300. The van der Waals surface area contributed by atoms with Crippen LogP contribution in [0.1, 0.15) is 23.1 Å². The number of nitrogens with zero attached hydrogens (tertiary/aromatic N) is 1. The smallest absolute Gasteiger partial charge is 0.309 e. The highest BCUT2D eigenvalue weighted by Crippen LogP contribution is 2.28. The van der Waals surface area contributed by atoms with Crippen LogP contribution in [-0.4, -0.2) is 57.5 Å². The van der Waals surface area contributed by atoms with Gasteiger partial charge < -0.3 is 15.4 Å². The number of hydrogen-bond acceptors (Lipinski definition) is 5. The van der Waals surface area contributed by atoms with Crippen LogP contribution in [0.2, 0.25) is 0 Å². The number of nitrogens with one attached hydrogen (secondary N) is 2. The number of carbonyl (C=O) groups is 2. The highest BCUT2D eigenvalue weighted by molar-refractivity contribution is 7.89. The third-order valence-corrected chi connectivity index (χ3v) is 6.39. The Hall–Kier alpha value is -1.97. The monoisotopic (exact) mass is 383 g/mol. The first-order valence-electron chi connectivity index (χ1n) is 8.39. The Morgan fingerprint density at radius 2 is 1.81 bits per heavy atom. The average molecular weight is 383 g/mol. The molecule has 0 bridgehead atoms. The van der Waals surface area contributed by atoms with Crippen LogP contribution in [-0.2, 0) is 24.3 Å². The molecule has 0 unspecified atom stereocenters. The number of aryl methyl sites for hydroxylation is 3. The van der Waals surface area contributed by atoms with E-state index in [0.29, 0.717) is 24.2 Å². The molecule has 0 aliphatic carbocycles. The highest BCUT2D eigenvalue weighted by Gasteiger charge is 2.36. The van der Waals surface area contributed by atoms with Gasteiger partial charge in [0.05, 0.1) is 18.0 Å². The summed E-state index contributed by atoms with van der Waals surface area (Å²) in [7, 11) is -2.46. The van der Waals surface area contributed by atoms with Crippen molar-refractivity contribution in [2.75, 3.05) is 26.7 Å². The molecule has 1 aromatic rings. The second kappa shape index (κ2) is 8.15. The van der Waals surface area contributed by atoms with Crippen LogP contribution in [0.5, 0.6) is 0 Å². The molecule has 9 heteroatoms. The topological polar surface area (TPSA) is 105 Å². The van der Waals surface area contributed by atoms with Gasteiger partial charge in [0, 0.05) is 13.6 Å². The van der Waals surface area contributed by atoms with Crippen molar-refractivity contribution in [3.05, 3.63) is 28.8 Å². The fourth-order valence-corrected chi connectivity index (χ4v) is 5.15. The van der Waals surface area contributed by atoms with E-state index in [4.69, 9.17) is 4.74 Å². The fraction of sp³-hybridized carbons (Fsp3) is 0.529. The Kier molecular flexibility index (Phi) is 6.38. The lowest BCUT2D eigenvalue weighted by Gasteiger charge is -2.35. The van der Waals surface area contributed by atoms with E-state index in [9.17, 15) is 18.0 Å². The molecule has 1 aliphatic rings. The summed E-state index contributed by atoms with van der Waals surface area (Å²) in [5, 5.41) is 4.63. The van der Waals surface area contributed by atoms with Gasteiger partial charge in [-0.3, -0.25) is 9.59 Å². The summed E-state index contributed by atoms with van der Waals surface area (Å²) < 4.78 is 33.3. The summed E-state index contributed by atoms with van der Waals surface area (Å²) in [5.41, 5.74) is 2.32. The van der Waals surface area contributed by atoms with E-state index in [0.717, 1.165) is 5.56 Å². The number of hydrogen-bond donors (Lipinski definition) is 2. The van der Waals surface area contributed by atoms with E-state index in [1.54, 1.807) is 13.8 Å². The molecule has 144 valence electrons. The van der Waals surface area contributed by atoms with Gasteiger partial charge in [-0.25, -0.2) is 8.42 Å². The van der Waals surface area contributed by atoms with Gasteiger partial charge in [-0.05, 0) is 38.3 Å². The van der Waals surface area contributed by atoms with Gasteiger partial charge >= 0.3 is 11.8 Å². The predicted octanol–water partition coefficient (Wildman–Crippen LogP) is 0.211. The van der Waals surface area contributed by atoms with Gasteiger partial charge in [0.25, 0.3) is 0 Å². The number of amides is 2. The van der Waals surface area contributed by atoms with E-state index in [1.807, 2.05) is 19.1 Å². The van der Waals surface area contributed by atoms with E-state index in [1.165, 1.54) is 11.4 Å². The van der Waals surface area contributed by atoms with Crippen molar-refractivity contribution in [1.29, 1.82) is 0 Å². The van der Waals surface area contributed by atoms with Crippen LogP contribution in [0.15, 0.2) is 17.0 Å². The van der Waals surface area contributed by atoms with Crippen LogP contribution in [0, 0.1) is 20.8 Å². The zero-order valence-corrected chi connectivity index (χ0v) is 16.3. The zero-order chi connectivity index (χ0) is 19.5. The number of benzene rings is 1. The molecule has 0 aromatic heterocycles. The van der Waals surface area contributed by atoms with Gasteiger partial charge in [-0.15, -0.1) is 0 Å². The van der Waals surface area contributed by atoms with Gasteiger partial charge in [0.15, 0.2) is 0 Å². The van der Waals surface area contributed by atoms with Crippen LogP contribution in [0.25, 0.3) is 0 Å². The maximum Gasteiger partial charge on any atom is 0.309 e. The van der Waals surface area contributed by atoms with Crippen molar-refractivity contribution in [2.24, 2.45) is 0 Å². The SMILES string of the molecule is CNC(=O)C(=O)NC[C@H]1OCCCN1S(=O)(=O)c1c(C)cc(C)cc1C. The molecule has 2 N–H and O–H groups in total. The second-order valence-corrected chi connectivity index (χ2v) is 8.14. The first kappa shape index (κ1) is 20.3. The highest BCUT2D eigenvalue weighted by atomic mass is 32.2. The first-order valence-corrected chi connectivity index (χ1v) is 9.83. The first-order chi connectivity index (χ1) is 12.2. The van der Waals surface area contributed by atoms with Crippen LogP contribution in [0.4, 0.5) is 0 Å². The molecular weight excluding hydrogens is 358 g/mol. The molecule has 1 fully saturated rings. The Balaban J connectivity index is 2.28. The van der Waals surface area contributed by atoms with Gasteiger partial charge in [-0.2, -0.15) is 4.31 Å². The third-order valence-electron chi connectivity index (χ3n) is 4.20. The van der Waals surface area contributed by atoms with Gasteiger partial charge in [0.2, 0.25) is 10.0 Å². The van der Waals surface area contributed by atoms with Crippen LogP contribution >= 0.6 is 0 Å². The van der Waals surface area contributed by atoms with E-state index in [2.05, 4.69) is 10.6 Å². The van der Waals surface area contributed by atoms with Crippen molar-refractivity contribution in [2.45, 2.75) is 38.3 Å². The lowest BCUT2D eigenvalue weighted by molar-refractivity contribution is -0.139. The molecule has 1 heterocycles. The Morgan fingerprint density at radius 3 is 2.38 bits per heavy atom. The van der Waals surface area contributed by atoms with Crippen LogP contribution in [0.3, 0.4) is 0 Å². The maximum absolute atomic E-state index is 13.2. The summed E-state index contributed by atoms with van der Waals surface area (Å²) >= 11 is 0. The fourth-order valence-electron chi connectivity index (χ4n) is 3.17. The van der Waals surface area contributed by atoms with Crippen molar-refractivity contribution < 1.29 is 22.7 Å². The minimum Gasteiger partial charge on any atom is -0.360 e. The number of ether oxygens (including phenoxy) is 1. The molecule has 1 atom stereocenters. The molecule has 1 saturated heterocycles. The molecule has 2 amide bonds. The minimum absolute atomic E-state index is 0.102. The van der Waals surface area contributed by atoms with E-state index >= 15 is 0 Å². The summed E-state index contributed by atoms with van der Waals surface area (Å²) in [4.78, 5) is 23.2. The number of sulfonamides is 1. The molecule has 0 spiro atoms. The van der Waals surface area contributed by atoms with Crippen LogP contribution < -0.4 is 10.6 Å². The molecular formula is C17H25N3O5S. The molecule has 0 radical (unpaired) electrons. The molecule has 26 heavy (non-hydrogen) atoms. The Morgan fingerprint density at radius 1 is 1.19 bits per heavy atom. The third kappa shape index (κ3) is 4.22. The van der Waals surface area contributed by atoms with Crippen molar-refractivity contribution >= 4 is 21.8 Å². The maximum atomic E-state index is 13.2. The predicted molar refractivity (Wildman–Crippen MR) is 96.0 cm³/mol. The Labute approximate surface area is 153 Å². The lowest BCUT2D eigenvalue weighted by atomic mass is 10.1. The number of carbonyl (C=O) groups excluding carboxylic acids is 2. The summed E-state index contributed by atoms with van der Waals surface area (Å²) in [5.74, 6) is -1.62. The van der Waals surface area contributed by atoms with Gasteiger partial charge in [-0.1, -0.05) is 17.7 Å². The lowest BCUT2D eigenvalue weighted by Crippen LogP contribution is -2.53. The quantitative estimate of drug-likeness (QED) is 0.724. The molecule has 2 rings (SSSR count). The normalized spacial score (nSPS) is 18.4. The van der Waals surface area contributed by atoms with Crippen molar-refractivity contribution in [3.8, 4) is 0 Å². The van der Waals surface area contributed by atoms with Crippen molar-refractivity contribution in [3.63, 3.8) is 0 Å². The standard InChI is InChI=1S/C17H25N3O5S/c1-11-8-12(2)15(13(3)9-11)26(23,24)20-6-5-7-25-14(20)10-19-17(22)16(21)18-4/h8-9,14H,5-7,10H2,1-4H3,(H,18,21)(H,19,22)/t14-/m1/s1. The van der Waals surface area contributed by atoms with E-state index < -0.39 is 28.1 Å². The minimum atomic E-state index is -3.81. The summed E-state index contributed by atoms with van der Waals surface area (Å²) in [6.45, 7) is 6.01. The second-order valence-electron chi connectivity index (χ2n) is 6.31. The van der Waals surface area contributed by atoms with Crippen molar-refractivity contribution in [1.82, 2.24) is 14.9 Å².